The second kappa shape index (κ2) is 8.12. The maximum absolute atomic E-state index is 11.8. The number of carbonyl (C=O) groups excluding carboxylic acids is 1. The lowest BCUT2D eigenvalue weighted by molar-refractivity contribution is -0.123. The van der Waals surface area contributed by atoms with Gasteiger partial charge in [0.1, 0.15) is 5.75 Å². The average Bonchev–Trinajstić information content (AvgIpc) is 2.40. The number of ether oxygens (including phenoxy) is 1. The smallest absolute Gasteiger partial charge is 0.237 e. The fraction of sp³-hybridized carbons (Fsp3) is 0.533. The van der Waals surface area contributed by atoms with Crippen LogP contribution in [-0.4, -0.2) is 25.1 Å². The summed E-state index contributed by atoms with van der Waals surface area (Å²) in [5.41, 5.74) is 6.77. The zero-order valence-electron chi connectivity index (χ0n) is 12.3. The standard InChI is InChI=1S/C15H23ClN2O2/c1-4-20-13-6-5-12(16)9-11(13)7-8-18-15(19)14(17)10(2)3/h5-6,9-10,14H,4,7-8,17H2,1-3H3,(H,18,19)/t14-/m0/s1. The Morgan fingerprint density at radius 3 is 2.75 bits per heavy atom. The summed E-state index contributed by atoms with van der Waals surface area (Å²) in [6, 6.07) is 5.04. The highest BCUT2D eigenvalue weighted by Gasteiger charge is 2.16. The summed E-state index contributed by atoms with van der Waals surface area (Å²) in [7, 11) is 0. The van der Waals surface area contributed by atoms with Crippen molar-refractivity contribution in [2.24, 2.45) is 11.7 Å². The molecule has 0 aliphatic rings. The lowest BCUT2D eigenvalue weighted by atomic mass is 10.0. The van der Waals surface area contributed by atoms with E-state index in [0.717, 1.165) is 11.3 Å². The van der Waals surface area contributed by atoms with Crippen LogP contribution in [0.5, 0.6) is 5.75 Å². The van der Waals surface area contributed by atoms with Gasteiger partial charge in [0.2, 0.25) is 5.91 Å². The van der Waals surface area contributed by atoms with Crippen molar-refractivity contribution in [3.8, 4) is 5.75 Å². The van der Waals surface area contributed by atoms with Crippen LogP contribution in [0.1, 0.15) is 26.3 Å². The van der Waals surface area contributed by atoms with Crippen LogP contribution < -0.4 is 15.8 Å². The minimum atomic E-state index is -0.472. The second-order valence-corrected chi connectivity index (χ2v) is 5.43. The molecular weight excluding hydrogens is 276 g/mol. The van der Waals surface area contributed by atoms with E-state index in [-0.39, 0.29) is 11.8 Å². The maximum Gasteiger partial charge on any atom is 0.237 e. The zero-order valence-corrected chi connectivity index (χ0v) is 13.0. The number of hydrogen-bond donors (Lipinski definition) is 2. The van der Waals surface area contributed by atoms with Gasteiger partial charge in [-0.1, -0.05) is 25.4 Å². The van der Waals surface area contributed by atoms with E-state index in [1.807, 2.05) is 32.9 Å². The van der Waals surface area contributed by atoms with Crippen LogP contribution in [0.4, 0.5) is 0 Å². The molecule has 1 rings (SSSR count). The maximum atomic E-state index is 11.8. The average molecular weight is 299 g/mol. The lowest BCUT2D eigenvalue weighted by Gasteiger charge is -2.16. The molecule has 0 fully saturated rings. The Labute approximate surface area is 125 Å². The Hall–Kier alpha value is -1.26. The minimum absolute atomic E-state index is 0.125. The van der Waals surface area contributed by atoms with Gasteiger partial charge in [0.05, 0.1) is 12.6 Å². The molecule has 1 aromatic rings. The van der Waals surface area contributed by atoms with Crippen molar-refractivity contribution in [3.63, 3.8) is 0 Å². The predicted octanol–water partition coefficient (Wildman–Crippen LogP) is 2.38. The molecule has 0 aliphatic carbocycles. The fourth-order valence-corrected chi connectivity index (χ4v) is 1.98. The molecule has 0 aliphatic heterocycles. The first-order chi connectivity index (χ1) is 9.45. The minimum Gasteiger partial charge on any atom is -0.494 e. The van der Waals surface area contributed by atoms with Gasteiger partial charge in [0, 0.05) is 11.6 Å². The number of nitrogens with two attached hydrogens (primary N) is 1. The van der Waals surface area contributed by atoms with Crippen molar-refractivity contribution in [1.29, 1.82) is 0 Å². The molecule has 0 heterocycles. The van der Waals surface area contributed by atoms with Gasteiger partial charge in [-0.25, -0.2) is 0 Å². The topological polar surface area (TPSA) is 64.3 Å². The SMILES string of the molecule is CCOc1ccc(Cl)cc1CCNC(=O)[C@@H](N)C(C)C. The van der Waals surface area contributed by atoms with Crippen LogP contribution in [-0.2, 0) is 11.2 Å². The summed E-state index contributed by atoms with van der Waals surface area (Å²) in [5.74, 6) is 0.805. The molecule has 1 amide bonds. The normalized spacial score (nSPS) is 12.3. The first-order valence-corrected chi connectivity index (χ1v) is 7.28. The molecule has 1 atom stereocenters. The van der Waals surface area contributed by atoms with Gasteiger partial charge in [0.25, 0.3) is 0 Å². The molecule has 0 unspecified atom stereocenters. The van der Waals surface area contributed by atoms with Crippen molar-refractivity contribution in [1.82, 2.24) is 5.32 Å². The molecule has 0 aromatic heterocycles. The van der Waals surface area contributed by atoms with Crippen LogP contribution in [0.15, 0.2) is 18.2 Å². The van der Waals surface area contributed by atoms with Crippen molar-refractivity contribution in [2.75, 3.05) is 13.2 Å². The summed E-state index contributed by atoms with van der Waals surface area (Å²) in [5, 5.41) is 3.50. The molecule has 0 bridgehead atoms. The molecule has 0 spiro atoms. The van der Waals surface area contributed by atoms with Gasteiger partial charge in [0.15, 0.2) is 0 Å². The highest BCUT2D eigenvalue weighted by atomic mass is 35.5. The molecule has 112 valence electrons. The number of amides is 1. The summed E-state index contributed by atoms with van der Waals surface area (Å²) in [6.45, 7) is 6.89. The van der Waals surface area contributed by atoms with Crippen LogP contribution in [0.2, 0.25) is 5.02 Å². The molecule has 20 heavy (non-hydrogen) atoms. The third-order valence-electron chi connectivity index (χ3n) is 3.04. The molecule has 1 aromatic carbocycles. The summed E-state index contributed by atoms with van der Waals surface area (Å²) >= 11 is 5.99. The van der Waals surface area contributed by atoms with Crippen LogP contribution >= 0.6 is 11.6 Å². The fourth-order valence-electron chi connectivity index (χ4n) is 1.78. The van der Waals surface area contributed by atoms with Crippen LogP contribution in [0.3, 0.4) is 0 Å². The Bertz CT molecular complexity index is 449. The van der Waals surface area contributed by atoms with E-state index in [0.29, 0.717) is 24.6 Å². The quantitative estimate of drug-likeness (QED) is 0.812. The summed E-state index contributed by atoms with van der Waals surface area (Å²) in [6.07, 6.45) is 0.659. The summed E-state index contributed by atoms with van der Waals surface area (Å²) < 4.78 is 5.54. The largest absolute Gasteiger partial charge is 0.494 e. The predicted molar refractivity (Wildman–Crippen MR) is 82.1 cm³/mol. The van der Waals surface area contributed by atoms with E-state index in [2.05, 4.69) is 5.32 Å². The van der Waals surface area contributed by atoms with Crippen LogP contribution in [0.25, 0.3) is 0 Å². The number of nitrogens with one attached hydrogen (secondary N) is 1. The molecule has 4 nitrogen and oxygen atoms in total. The van der Waals surface area contributed by atoms with E-state index in [1.165, 1.54) is 0 Å². The molecule has 5 heteroatoms. The highest BCUT2D eigenvalue weighted by Crippen LogP contribution is 2.23. The molecule has 0 saturated carbocycles. The van der Waals surface area contributed by atoms with Gasteiger partial charge in [-0.05, 0) is 43.0 Å². The molecule has 3 N–H and O–H groups in total. The summed E-state index contributed by atoms with van der Waals surface area (Å²) in [4.78, 5) is 11.8. The van der Waals surface area contributed by atoms with Gasteiger partial charge >= 0.3 is 0 Å². The van der Waals surface area contributed by atoms with Crippen LogP contribution in [0, 0.1) is 5.92 Å². The third kappa shape index (κ3) is 5.02. The molecule has 0 radical (unpaired) electrons. The Kier molecular flexibility index (Phi) is 6.82. The van der Waals surface area contributed by atoms with Gasteiger partial charge in [-0.3, -0.25) is 4.79 Å². The number of carbonyl (C=O) groups is 1. The van der Waals surface area contributed by atoms with E-state index < -0.39 is 6.04 Å². The van der Waals surface area contributed by atoms with Crippen molar-refractivity contribution >= 4 is 17.5 Å². The number of rotatable bonds is 7. The van der Waals surface area contributed by atoms with Crippen molar-refractivity contribution in [3.05, 3.63) is 28.8 Å². The van der Waals surface area contributed by atoms with Gasteiger partial charge in [-0.2, -0.15) is 0 Å². The number of halogens is 1. The van der Waals surface area contributed by atoms with Gasteiger partial charge in [-0.15, -0.1) is 0 Å². The van der Waals surface area contributed by atoms with E-state index in [9.17, 15) is 4.79 Å². The first kappa shape index (κ1) is 16.8. The highest BCUT2D eigenvalue weighted by molar-refractivity contribution is 6.30. The van der Waals surface area contributed by atoms with E-state index in [4.69, 9.17) is 22.1 Å². The first-order valence-electron chi connectivity index (χ1n) is 6.90. The Morgan fingerprint density at radius 1 is 1.45 bits per heavy atom. The zero-order chi connectivity index (χ0) is 15.1. The number of benzene rings is 1. The van der Waals surface area contributed by atoms with Crippen molar-refractivity contribution in [2.45, 2.75) is 33.2 Å². The Balaban J connectivity index is 2.57. The lowest BCUT2D eigenvalue weighted by Crippen LogP contribution is -2.44. The monoisotopic (exact) mass is 298 g/mol. The molecular formula is C15H23ClN2O2. The number of hydrogen-bond acceptors (Lipinski definition) is 3. The van der Waals surface area contributed by atoms with E-state index >= 15 is 0 Å². The van der Waals surface area contributed by atoms with E-state index in [1.54, 1.807) is 6.07 Å². The van der Waals surface area contributed by atoms with Gasteiger partial charge < -0.3 is 15.8 Å². The third-order valence-corrected chi connectivity index (χ3v) is 3.27. The van der Waals surface area contributed by atoms with Crippen molar-refractivity contribution < 1.29 is 9.53 Å². The molecule has 0 saturated heterocycles. The second-order valence-electron chi connectivity index (χ2n) is 5.00. The Morgan fingerprint density at radius 2 is 2.15 bits per heavy atom.